The Morgan fingerprint density at radius 1 is 0.846 bits per heavy atom. The molecule has 1 N–H and O–H groups in total. The zero-order valence-corrected chi connectivity index (χ0v) is 24.8. The number of rotatable bonds is 17. The molecule has 0 bridgehead atoms. The number of benzene rings is 1. The quantitative estimate of drug-likeness (QED) is 0.264. The van der Waals surface area contributed by atoms with Crippen LogP contribution in [-0.2, 0) is 25.5 Å². The van der Waals surface area contributed by atoms with E-state index in [2.05, 4.69) is 47.1 Å². The molecular weight excluding hydrogens is 492 g/mol. The normalized spacial score (nSPS) is 29.2. The molecule has 7 nitrogen and oxygen atoms in total. The van der Waals surface area contributed by atoms with Crippen LogP contribution in [0.1, 0.15) is 90.5 Å². The van der Waals surface area contributed by atoms with Crippen LogP contribution in [0.15, 0.2) is 30.3 Å². The summed E-state index contributed by atoms with van der Waals surface area (Å²) in [5.41, 5.74) is 1.35. The lowest BCUT2D eigenvalue weighted by atomic mass is 10.0. The van der Waals surface area contributed by atoms with Gasteiger partial charge in [-0.25, -0.2) is 0 Å². The van der Waals surface area contributed by atoms with Crippen LogP contribution in [0.25, 0.3) is 0 Å². The highest BCUT2D eigenvalue weighted by Crippen LogP contribution is 2.45. The zero-order chi connectivity index (χ0) is 27.6. The maximum absolute atomic E-state index is 11.2. The first-order valence-corrected chi connectivity index (χ1v) is 15.7. The Balaban J connectivity index is 1.16. The number of aliphatic hydroxyl groups excluding tert-OH is 1. The fourth-order valence-corrected chi connectivity index (χ4v) is 6.26. The minimum atomic E-state index is -1.04. The van der Waals surface area contributed by atoms with Gasteiger partial charge in [0.1, 0.15) is 24.9 Å². The van der Waals surface area contributed by atoms with E-state index in [0.29, 0.717) is 13.2 Å². The summed E-state index contributed by atoms with van der Waals surface area (Å²) in [4.78, 5) is 4.88. The minimum Gasteiger partial charge on any atom is -0.387 e. The summed E-state index contributed by atoms with van der Waals surface area (Å²) >= 11 is 0. The summed E-state index contributed by atoms with van der Waals surface area (Å²) in [6.45, 7) is 12.6. The fourth-order valence-electron chi connectivity index (χ4n) is 6.26. The Kier molecular flexibility index (Phi) is 12.1. The first-order chi connectivity index (χ1) is 18.9. The monoisotopic (exact) mass is 546 g/mol. The summed E-state index contributed by atoms with van der Waals surface area (Å²) in [5.74, 6) is -1.85. The molecule has 3 aliphatic rings. The van der Waals surface area contributed by atoms with Gasteiger partial charge in [-0.1, -0.05) is 95.0 Å². The van der Waals surface area contributed by atoms with Gasteiger partial charge in [0, 0.05) is 45.9 Å². The topological polar surface area (TPSA) is 63.6 Å². The summed E-state index contributed by atoms with van der Waals surface area (Å²) in [7, 11) is 0. The zero-order valence-electron chi connectivity index (χ0n) is 24.8. The molecule has 3 saturated heterocycles. The summed E-state index contributed by atoms with van der Waals surface area (Å²) in [5, 5.41) is 11.2. The first kappa shape index (κ1) is 30.9. The second kappa shape index (κ2) is 15.2. The molecule has 39 heavy (non-hydrogen) atoms. The van der Waals surface area contributed by atoms with Gasteiger partial charge in [0.05, 0.1) is 0 Å². The Morgan fingerprint density at radius 2 is 1.46 bits per heavy atom. The van der Waals surface area contributed by atoms with E-state index < -0.39 is 23.8 Å². The van der Waals surface area contributed by atoms with E-state index in [4.69, 9.17) is 18.9 Å². The average Bonchev–Trinajstić information content (AvgIpc) is 3.32. The second-order valence-corrected chi connectivity index (χ2v) is 12.3. The van der Waals surface area contributed by atoms with Crippen molar-refractivity contribution in [3.05, 3.63) is 35.9 Å². The lowest BCUT2D eigenvalue weighted by Crippen LogP contribution is -2.50. The summed E-state index contributed by atoms with van der Waals surface area (Å²) in [6.07, 6.45) is 11.4. The summed E-state index contributed by atoms with van der Waals surface area (Å²) in [6, 6.07) is 10.6. The molecule has 0 aromatic heterocycles. The van der Waals surface area contributed by atoms with Crippen molar-refractivity contribution in [2.45, 2.75) is 121 Å². The molecule has 0 spiro atoms. The number of hydrogen-bond donors (Lipinski definition) is 1. The highest BCUT2D eigenvalue weighted by molar-refractivity contribution is 5.14. The second-order valence-electron chi connectivity index (χ2n) is 12.3. The van der Waals surface area contributed by atoms with Crippen molar-refractivity contribution in [3.63, 3.8) is 0 Å². The Hall–Kier alpha value is -1.06. The lowest BCUT2D eigenvalue weighted by molar-refractivity contribution is -0.279. The van der Waals surface area contributed by atoms with E-state index in [9.17, 15) is 5.11 Å². The minimum absolute atomic E-state index is 0.289. The lowest BCUT2D eigenvalue weighted by Gasteiger charge is -2.36. The number of aliphatic hydroxyl groups is 1. The average molecular weight is 547 g/mol. The maximum Gasteiger partial charge on any atom is 0.224 e. The molecule has 1 aromatic carbocycles. The highest BCUT2D eigenvalue weighted by atomic mass is 16.9. The third-order valence-electron chi connectivity index (χ3n) is 8.40. The number of fused-ring (bicyclic) bond motifs is 1. The number of piperazine rings is 1. The van der Waals surface area contributed by atoms with Crippen molar-refractivity contribution >= 4 is 0 Å². The van der Waals surface area contributed by atoms with Crippen molar-refractivity contribution in [3.8, 4) is 0 Å². The van der Waals surface area contributed by atoms with Crippen molar-refractivity contribution in [1.82, 2.24) is 9.80 Å². The third kappa shape index (κ3) is 9.22. The SMILES string of the molecule is CCCCCCCCCCCCOC[C@@]12O[C@@H](CN3CCN(Cc4ccccc4)CC3)[C@@H](O)[C@@H]1OC(C)(C)O2. The number of ether oxygens (including phenoxy) is 4. The van der Waals surface area contributed by atoms with Gasteiger partial charge in [0.25, 0.3) is 0 Å². The van der Waals surface area contributed by atoms with E-state index in [-0.39, 0.29) is 12.7 Å². The molecule has 0 unspecified atom stereocenters. The van der Waals surface area contributed by atoms with E-state index >= 15 is 0 Å². The van der Waals surface area contributed by atoms with Crippen molar-refractivity contribution in [2.75, 3.05) is 45.9 Å². The standard InChI is InChI=1S/C32H54N2O5/c1-4-5-6-7-8-9-10-11-12-16-23-36-26-32-30(38-31(2,3)39-32)29(35)28(37-32)25-34-21-19-33(20-22-34)24-27-17-14-13-15-18-27/h13-15,17-18,28-30,35H,4-12,16,19-26H2,1-3H3/t28-,29+,30-,32-/m0/s1. The van der Waals surface area contributed by atoms with Crippen LogP contribution in [0.2, 0.25) is 0 Å². The van der Waals surface area contributed by atoms with Crippen LogP contribution in [0.5, 0.6) is 0 Å². The van der Waals surface area contributed by atoms with Gasteiger partial charge >= 0.3 is 0 Å². The Morgan fingerprint density at radius 3 is 2.13 bits per heavy atom. The molecule has 0 aliphatic carbocycles. The molecule has 0 amide bonds. The Bertz CT molecular complexity index is 816. The predicted octanol–water partition coefficient (Wildman–Crippen LogP) is 5.35. The number of nitrogens with zero attached hydrogens (tertiary/aromatic N) is 2. The van der Waals surface area contributed by atoms with E-state index in [0.717, 1.165) is 39.1 Å². The number of unbranched alkanes of at least 4 members (excludes halogenated alkanes) is 9. The van der Waals surface area contributed by atoms with E-state index in [1.54, 1.807) is 0 Å². The van der Waals surface area contributed by atoms with Gasteiger partial charge in [0.2, 0.25) is 5.79 Å². The van der Waals surface area contributed by atoms with E-state index in [1.807, 2.05) is 13.8 Å². The largest absolute Gasteiger partial charge is 0.387 e. The molecule has 3 fully saturated rings. The molecule has 4 rings (SSSR count). The van der Waals surface area contributed by atoms with Crippen LogP contribution in [-0.4, -0.2) is 90.7 Å². The molecule has 7 heteroatoms. The number of hydrogen-bond acceptors (Lipinski definition) is 7. The van der Waals surface area contributed by atoms with Crippen molar-refractivity contribution < 1.29 is 24.1 Å². The van der Waals surface area contributed by atoms with Crippen LogP contribution < -0.4 is 0 Å². The van der Waals surface area contributed by atoms with Crippen molar-refractivity contribution in [1.29, 1.82) is 0 Å². The van der Waals surface area contributed by atoms with Gasteiger partial charge in [-0.05, 0) is 25.8 Å². The van der Waals surface area contributed by atoms with Crippen molar-refractivity contribution in [2.24, 2.45) is 0 Å². The summed E-state index contributed by atoms with van der Waals surface area (Å²) < 4.78 is 25.0. The highest BCUT2D eigenvalue weighted by Gasteiger charge is 2.64. The fraction of sp³-hybridized carbons (Fsp3) is 0.812. The van der Waals surface area contributed by atoms with Gasteiger partial charge < -0.3 is 24.1 Å². The molecular formula is C32H54N2O5. The van der Waals surface area contributed by atoms with Gasteiger partial charge in [-0.2, -0.15) is 0 Å². The van der Waals surface area contributed by atoms with E-state index in [1.165, 1.54) is 63.4 Å². The predicted molar refractivity (Wildman–Crippen MR) is 154 cm³/mol. The van der Waals surface area contributed by atoms with Gasteiger partial charge in [0.15, 0.2) is 5.79 Å². The molecule has 3 heterocycles. The van der Waals surface area contributed by atoms with Crippen LogP contribution in [0, 0.1) is 0 Å². The molecule has 4 atom stereocenters. The smallest absolute Gasteiger partial charge is 0.224 e. The van der Waals surface area contributed by atoms with Crippen LogP contribution in [0.4, 0.5) is 0 Å². The van der Waals surface area contributed by atoms with Crippen LogP contribution in [0.3, 0.4) is 0 Å². The van der Waals surface area contributed by atoms with Gasteiger partial charge in [-0.3, -0.25) is 9.80 Å². The molecule has 3 aliphatic heterocycles. The molecule has 222 valence electrons. The third-order valence-corrected chi connectivity index (χ3v) is 8.40. The van der Waals surface area contributed by atoms with Crippen LogP contribution >= 0.6 is 0 Å². The molecule has 0 radical (unpaired) electrons. The molecule has 0 saturated carbocycles. The molecule has 1 aromatic rings. The van der Waals surface area contributed by atoms with Gasteiger partial charge in [-0.15, -0.1) is 0 Å². The maximum atomic E-state index is 11.2. The first-order valence-electron chi connectivity index (χ1n) is 15.7. The Labute approximate surface area is 237 Å².